The molecular formula is C16H23N. The fourth-order valence-electron chi connectivity index (χ4n) is 2.90. The summed E-state index contributed by atoms with van der Waals surface area (Å²) < 4.78 is 0. The zero-order valence-electron chi connectivity index (χ0n) is 11.0. The van der Waals surface area contributed by atoms with Gasteiger partial charge in [0.2, 0.25) is 0 Å². The predicted octanol–water partition coefficient (Wildman–Crippen LogP) is 4.61. The molecule has 17 heavy (non-hydrogen) atoms. The Bertz CT molecular complexity index is 360. The van der Waals surface area contributed by atoms with Crippen molar-refractivity contribution < 1.29 is 0 Å². The van der Waals surface area contributed by atoms with Crippen LogP contribution in [0.3, 0.4) is 0 Å². The molecule has 2 rings (SSSR count). The second-order valence-corrected chi connectivity index (χ2v) is 4.94. The van der Waals surface area contributed by atoms with Crippen LogP contribution in [0.25, 0.3) is 0 Å². The summed E-state index contributed by atoms with van der Waals surface area (Å²) in [6, 6.07) is 10.7. The zero-order valence-corrected chi connectivity index (χ0v) is 11.0. The van der Waals surface area contributed by atoms with Crippen LogP contribution in [-0.2, 0) is 0 Å². The van der Waals surface area contributed by atoms with Crippen molar-refractivity contribution >= 4 is 5.69 Å². The molecule has 1 aliphatic carbocycles. The first-order chi connectivity index (χ1) is 8.33. The van der Waals surface area contributed by atoms with Gasteiger partial charge in [-0.3, -0.25) is 0 Å². The van der Waals surface area contributed by atoms with Gasteiger partial charge >= 0.3 is 0 Å². The molecule has 0 aromatic heterocycles. The third-order valence-electron chi connectivity index (χ3n) is 3.85. The van der Waals surface area contributed by atoms with E-state index in [9.17, 15) is 0 Å². The topological polar surface area (TPSA) is 3.24 Å². The highest BCUT2D eigenvalue weighted by Crippen LogP contribution is 2.32. The average molecular weight is 229 g/mol. The molecule has 92 valence electrons. The van der Waals surface area contributed by atoms with Crippen molar-refractivity contribution in [1.29, 1.82) is 0 Å². The lowest BCUT2D eigenvalue weighted by Crippen LogP contribution is -2.24. The lowest BCUT2D eigenvalue weighted by molar-refractivity contribution is 0.397. The van der Waals surface area contributed by atoms with E-state index in [1.54, 1.807) is 0 Å². The van der Waals surface area contributed by atoms with Gasteiger partial charge in [-0.25, -0.2) is 0 Å². The normalized spacial score (nSPS) is 18.1. The Balaban J connectivity index is 2.13. The van der Waals surface area contributed by atoms with Gasteiger partial charge in [-0.05, 0) is 37.8 Å². The molecular weight excluding hydrogens is 206 g/mol. The van der Waals surface area contributed by atoms with Crippen LogP contribution in [0, 0.1) is 5.92 Å². The van der Waals surface area contributed by atoms with Crippen LogP contribution in [0.1, 0.15) is 39.0 Å². The number of allylic oxidation sites excluding steroid dienone is 2. The fourth-order valence-corrected chi connectivity index (χ4v) is 2.90. The summed E-state index contributed by atoms with van der Waals surface area (Å²) in [6.45, 7) is 2.17. The molecule has 0 atom stereocenters. The number of rotatable bonds is 3. The molecule has 0 aliphatic heterocycles. The van der Waals surface area contributed by atoms with Gasteiger partial charge < -0.3 is 4.90 Å². The van der Waals surface area contributed by atoms with E-state index in [1.165, 1.54) is 43.5 Å². The van der Waals surface area contributed by atoms with Crippen LogP contribution in [0.5, 0.6) is 0 Å². The van der Waals surface area contributed by atoms with Crippen LogP contribution < -0.4 is 4.90 Å². The first-order valence-electron chi connectivity index (χ1n) is 6.78. The van der Waals surface area contributed by atoms with Crippen molar-refractivity contribution in [2.75, 3.05) is 11.9 Å². The molecule has 0 heterocycles. The van der Waals surface area contributed by atoms with Crippen LogP contribution in [0.2, 0.25) is 0 Å². The molecule has 1 aromatic rings. The summed E-state index contributed by atoms with van der Waals surface area (Å²) in [5, 5.41) is 0. The van der Waals surface area contributed by atoms with Gasteiger partial charge in [0.1, 0.15) is 0 Å². The maximum absolute atomic E-state index is 2.36. The maximum atomic E-state index is 2.36. The molecule has 1 nitrogen and oxygen atoms in total. The number of hydrogen-bond donors (Lipinski definition) is 0. The van der Waals surface area contributed by atoms with Crippen molar-refractivity contribution in [1.82, 2.24) is 0 Å². The third-order valence-corrected chi connectivity index (χ3v) is 3.85. The monoisotopic (exact) mass is 229 g/mol. The van der Waals surface area contributed by atoms with Crippen LogP contribution in [-0.4, -0.2) is 7.05 Å². The molecule has 0 saturated heterocycles. The number of hydrogen-bond acceptors (Lipinski definition) is 1. The number of benzene rings is 1. The van der Waals surface area contributed by atoms with Gasteiger partial charge in [0.05, 0.1) is 0 Å². The largest absolute Gasteiger partial charge is 0.348 e. The molecule has 0 radical (unpaired) electrons. The fraction of sp³-hybridized carbons (Fsp3) is 0.500. The molecule has 1 fully saturated rings. The summed E-state index contributed by atoms with van der Waals surface area (Å²) in [7, 11) is 2.19. The lowest BCUT2D eigenvalue weighted by Gasteiger charge is -2.31. The van der Waals surface area contributed by atoms with E-state index in [1.807, 2.05) is 0 Å². The number of nitrogens with zero attached hydrogens (tertiary/aromatic N) is 1. The van der Waals surface area contributed by atoms with Crippen molar-refractivity contribution in [3.8, 4) is 0 Å². The second-order valence-electron chi connectivity index (χ2n) is 4.94. The van der Waals surface area contributed by atoms with E-state index in [0.29, 0.717) is 0 Å². The van der Waals surface area contributed by atoms with E-state index in [2.05, 4.69) is 55.3 Å². The molecule has 0 spiro atoms. The van der Waals surface area contributed by atoms with E-state index >= 15 is 0 Å². The highest BCUT2D eigenvalue weighted by atomic mass is 15.1. The molecule has 0 unspecified atom stereocenters. The molecule has 0 amide bonds. The third kappa shape index (κ3) is 2.91. The second kappa shape index (κ2) is 5.90. The summed E-state index contributed by atoms with van der Waals surface area (Å²) in [4.78, 5) is 2.36. The Morgan fingerprint density at radius 2 is 1.76 bits per heavy atom. The van der Waals surface area contributed by atoms with Crippen LogP contribution in [0.4, 0.5) is 5.69 Å². The van der Waals surface area contributed by atoms with Crippen molar-refractivity contribution in [2.24, 2.45) is 5.92 Å². The average Bonchev–Trinajstić information content (AvgIpc) is 2.42. The Morgan fingerprint density at radius 1 is 1.12 bits per heavy atom. The van der Waals surface area contributed by atoms with Crippen molar-refractivity contribution in [2.45, 2.75) is 39.0 Å². The minimum atomic E-state index is 0.763. The van der Waals surface area contributed by atoms with Crippen molar-refractivity contribution in [3.05, 3.63) is 42.1 Å². The van der Waals surface area contributed by atoms with Gasteiger partial charge in [-0.1, -0.05) is 43.5 Å². The Labute approximate surface area is 105 Å². The first-order valence-corrected chi connectivity index (χ1v) is 6.78. The Hall–Kier alpha value is -1.24. The summed E-state index contributed by atoms with van der Waals surface area (Å²) >= 11 is 0. The van der Waals surface area contributed by atoms with Crippen LogP contribution in [0.15, 0.2) is 42.1 Å². The first kappa shape index (κ1) is 12.2. The quantitative estimate of drug-likeness (QED) is 0.731. The Morgan fingerprint density at radius 3 is 2.35 bits per heavy atom. The van der Waals surface area contributed by atoms with Gasteiger partial charge in [0.25, 0.3) is 0 Å². The summed E-state index contributed by atoms with van der Waals surface area (Å²) in [5.74, 6) is 0.763. The van der Waals surface area contributed by atoms with E-state index in [4.69, 9.17) is 0 Å². The molecule has 1 saturated carbocycles. The van der Waals surface area contributed by atoms with E-state index in [0.717, 1.165) is 5.92 Å². The van der Waals surface area contributed by atoms with Gasteiger partial charge in [-0.2, -0.15) is 0 Å². The molecule has 0 N–H and O–H groups in total. The lowest BCUT2D eigenvalue weighted by atomic mass is 9.86. The van der Waals surface area contributed by atoms with Crippen molar-refractivity contribution in [3.63, 3.8) is 0 Å². The number of anilines is 1. The molecule has 1 aliphatic rings. The standard InChI is InChI=1S/C16H23N/c1-3-16(14-10-6-4-7-11-14)17(2)15-12-8-5-9-13-15/h3,5,8-9,12-14H,4,6-7,10-11H2,1-2H3/b16-3-. The summed E-state index contributed by atoms with van der Waals surface area (Å²) in [5.41, 5.74) is 2.79. The SMILES string of the molecule is C/C=C(/C1CCCCC1)N(C)c1ccccc1. The molecule has 1 heteroatoms. The summed E-state index contributed by atoms with van der Waals surface area (Å²) in [6.07, 6.45) is 9.22. The smallest absolute Gasteiger partial charge is 0.0405 e. The maximum Gasteiger partial charge on any atom is 0.0405 e. The van der Waals surface area contributed by atoms with E-state index < -0.39 is 0 Å². The van der Waals surface area contributed by atoms with Gasteiger partial charge in [-0.15, -0.1) is 0 Å². The van der Waals surface area contributed by atoms with Gasteiger partial charge in [0, 0.05) is 18.4 Å². The molecule has 1 aromatic carbocycles. The minimum Gasteiger partial charge on any atom is -0.348 e. The Kier molecular flexibility index (Phi) is 4.24. The number of para-hydroxylation sites is 1. The van der Waals surface area contributed by atoms with E-state index in [-0.39, 0.29) is 0 Å². The van der Waals surface area contributed by atoms with Crippen LogP contribution >= 0.6 is 0 Å². The zero-order chi connectivity index (χ0) is 12.1. The highest BCUT2D eigenvalue weighted by molar-refractivity contribution is 5.51. The predicted molar refractivity (Wildman–Crippen MR) is 75.2 cm³/mol. The molecule has 0 bridgehead atoms. The minimum absolute atomic E-state index is 0.763. The highest BCUT2D eigenvalue weighted by Gasteiger charge is 2.20. The van der Waals surface area contributed by atoms with Gasteiger partial charge in [0.15, 0.2) is 0 Å².